The van der Waals surface area contributed by atoms with Gasteiger partial charge in [0.25, 0.3) is 0 Å². The summed E-state index contributed by atoms with van der Waals surface area (Å²) in [5.41, 5.74) is 1.17. The molecule has 2 nitrogen and oxygen atoms in total. The smallest absolute Gasteiger partial charge is 0.0931 e. The fourth-order valence-electron chi connectivity index (χ4n) is 1.73. The third kappa shape index (κ3) is 3.58. The highest BCUT2D eigenvalue weighted by Gasteiger charge is 2.21. The SMILES string of the molecule is CCC(CNC1CC1)Cc1nc(C)cs1. The van der Waals surface area contributed by atoms with Crippen LogP contribution < -0.4 is 5.32 Å². The Bertz CT molecular complexity index is 304. The molecule has 1 atom stereocenters. The molecule has 1 heterocycles. The average Bonchev–Trinajstić information content (AvgIpc) is 2.97. The van der Waals surface area contributed by atoms with Crippen molar-refractivity contribution in [3.63, 3.8) is 0 Å². The lowest BCUT2D eigenvalue weighted by Gasteiger charge is -2.13. The monoisotopic (exact) mass is 224 g/mol. The Morgan fingerprint density at radius 1 is 1.60 bits per heavy atom. The van der Waals surface area contributed by atoms with Crippen molar-refractivity contribution < 1.29 is 0 Å². The predicted molar refractivity (Wildman–Crippen MR) is 65.4 cm³/mol. The first-order valence-electron chi connectivity index (χ1n) is 5.92. The zero-order valence-corrected chi connectivity index (χ0v) is 10.4. The molecule has 0 saturated heterocycles. The van der Waals surface area contributed by atoms with E-state index >= 15 is 0 Å². The number of hydrogen-bond acceptors (Lipinski definition) is 3. The molecule has 1 aromatic rings. The second kappa shape index (κ2) is 5.08. The van der Waals surface area contributed by atoms with Crippen molar-refractivity contribution >= 4 is 11.3 Å². The van der Waals surface area contributed by atoms with Gasteiger partial charge in [0, 0.05) is 23.5 Å². The van der Waals surface area contributed by atoms with Crippen molar-refractivity contribution in [2.24, 2.45) is 5.92 Å². The molecule has 1 fully saturated rings. The second-order valence-corrected chi connectivity index (χ2v) is 5.49. The Morgan fingerprint density at radius 3 is 2.93 bits per heavy atom. The molecule has 84 valence electrons. The number of thiazole rings is 1. The van der Waals surface area contributed by atoms with Crippen LogP contribution in [0.2, 0.25) is 0 Å². The maximum absolute atomic E-state index is 4.53. The lowest BCUT2D eigenvalue weighted by molar-refractivity contribution is 0.458. The summed E-state index contributed by atoms with van der Waals surface area (Å²) in [6, 6.07) is 0.831. The van der Waals surface area contributed by atoms with Crippen LogP contribution in [-0.2, 0) is 6.42 Å². The van der Waals surface area contributed by atoms with E-state index in [2.05, 4.69) is 29.5 Å². The van der Waals surface area contributed by atoms with Gasteiger partial charge >= 0.3 is 0 Å². The van der Waals surface area contributed by atoms with Crippen LogP contribution in [0.5, 0.6) is 0 Å². The highest BCUT2D eigenvalue weighted by atomic mass is 32.1. The Balaban J connectivity index is 1.78. The summed E-state index contributed by atoms with van der Waals surface area (Å²) in [5, 5.41) is 7.06. The standard InChI is InChI=1S/C12H20N2S/c1-3-10(7-13-11-4-5-11)6-12-14-9(2)8-15-12/h8,10-11,13H,3-7H2,1-2H3. The zero-order valence-electron chi connectivity index (χ0n) is 9.62. The topological polar surface area (TPSA) is 24.9 Å². The molecule has 1 aliphatic carbocycles. The van der Waals surface area contributed by atoms with Crippen LogP contribution in [0, 0.1) is 12.8 Å². The number of nitrogens with zero attached hydrogens (tertiary/aromatic N) is 1. The maximum atomic E-state index is 4.53. The van der Waals surface area contributed by atoms with Crippen LogP contribution in [0.3, 0.4) is 0 Å². The molecule has 1 aromatic heterocycles. The van der Waals surface area contributed by atoms with Gasteiger partial charge in [0.2, 0.25) is 0 Å². The summed E-state index contributed by atoms with van der Waals surface area (Å²) in [5.74, 6) is 0.760. The molecule has 3 heteroatoms. The lowest BCUT2D eigenvalue weighted by atomic mass is 10.0. The molecular formula is C12H20N2S. The average molecular weight is 224 g/mol. The summed E-state index contributed by atoms with van der Waals surface area (Å²) >= 11 is 1.80. The molecule has 1 unspecified atom stereocenters. The number of rotatable bonds is 6. The van der Waals surface area contributed by atoms with E-state index in [1.54, 1.807) is 11.3 Å². The lowest BCUT2D eigenvalue weighted by Crippen LogP contribution is -2.25. The molecule has 1 aliphatic rings. The van der Waals surface area contributed by atoms with Gasteiger partial charge < -0.3 is 5.32 Å². The first-order chi connectivity index (χ1) is 7.28. The van der Waals surface area contributed by atoms with Crippen LogP contribution >= 0.6 is 11.3 Å². The second-order valence-electron chi connectivity index (χ2n) is 4.54. The van der Waals surface area contributed by atoms with Gasteiger partial charge in [0.05, 0.1) is 5.01 Å². The molecule has 0 bridgehead atoms. The molecule has 0 amide bonds. The van der Waals surface area contributed by atoms with E-state index < -0.39 is 0 Å². The summed E-state index contributed by atoms with van der Waals surface area (Å²) in [6.07, 6.45) is 5.16. The predicted octanol–water partition coefficient (Wildman–Crippen LogP) is 2.77. The normalized spacial score (nSPS) is 18.0. The van der Waals surface area contributed by atoms with Crippen molar-refractivity contribution in [2.75, 3.05) is 6.54 Å². The molecule has 15 heavy (non-hydrogen) atoms. The maximum Gasteiger partial charge on any atom is 0.0931 e. The molecule has 1 saturated carbocycles. The van der Waals surface area contributed by atoms with E-state index in [0.29, 0.717) is 0 Å². The van der Waals surface area contributed by atoms with Crippen molar-refractivity contribution in [1.29, 1.82) is 0 Å². The van der Waals surface area contributed by atoms with Crippen LogP contribution in [0.4, 0.5) is 0 Å². The molecule has 0 aromatic carbocycles. The Kier molecular flexibility index (Phi) is 3.76. The molecule has 0 spiro atoms. The minimum atomic E-state index is 0.760. The van der Waals surface area contributed by atoms with Gasteiger partial charge in [0.15, 0.2) is 0 Å². The van der Waals surface area contributed by atoms with Crippen molar-refractivity contribution in [3.8, 4) is 0 Å². The number of aryl methyl sites for hydroxylation is 1. The van der Waals surface area contributed by atoms with Crippen molar-refractivity contribution in [3.05, 3.63) is 16.1 Å². The van der Waals surface area contributed by atoms with Gasteiger partial charge in [-0.05, 0) is 32.2 Å². The largest absolute Gasteiger partial charge is 0.314 e. The quantitative estimate of drug-likeness (QED) is 0.803. The molecule has 2 rings (SSSR count). The van der Waals surface area contributed by atoms with E-state index in [1.807, 2.05) is 0 Å². The van der Waals surface area contributed by atoms with Crippen LogP contribution in [0.15, 0.2) is 5.38 Å². The van der Waals surface area contributed by atoms with E-state index in [0.717, 1.165) is 18.4 Å². The molecule has 1 N–H and O–H groups in total. The van der Waals surface area contributed by atoms with E-state index in [1.165, 1.54) is 36.5 Å². The van der Waals surface area contributed by atoms with E-state index in [4.69, 9.17) is 0 Å². The minimum Gasteiger partial charge on any atom is -0.314 e. The summed E-state index contributed by atoms with van der Waals surface area (Å²) in [7, 11) is 0. The highest BCUT2D eigenvalue weighted by molar-refractivity contribution is 7.09. The van der Waals surface area contributed by atoms with Crippen molar-refractivity contribution in [2.45, 2.75) is 45.6 Å². The van der Waals surface area contributed by atoms with Crippen LogP contribution in [0.1, 0.15) is 36.9 Å². The first-order valence-corrected chi connectivity index (χ1v) is 6.80. The van der Waals surface area contributed by atoms with Gasteiger partial charge in [-0.3, -0.25) is 0 Å². The van der Waals surface area contributed by atoms with Gasteiger partial charge in [-0.1, -0.05) is 13.3 Å². The summed E-state index contributed by atoms with van der Waals surface area (Å²) < 4.78 is 0. The van der Waals surface area contributed by atoms with Gasteiger partial charge in [0.1, 0.15) is 0 Å². The third-order valence-corrected chi connectivity index (χ3v) is 3.97. The summed E-state index contributed by atoms with van der Waals surface area (Å²) in [4.78, 5) is 4.53. The highest BCUT2D eigenvalue weighted by Crippen LogP contribution is 2.21. The molecule has 0 aliphatic heterocycles. The fraction of sp³-hybridized carbons (Fsp3) is 0.750. The Morgan fingerprint density at radius 2 is 2.40 bits per heavy atom. The third-order valence-electron chi connectivity index (χ3n) is 2.98. The first kappa shape index (κ1) is 11.1. The van der Waals surface area contributed by atoms with Gasteiger partial charge in [-0.25, -0.2) is 4.98 Å². The van der Waals surface area contributed by atoms with Gasteiger partial charge in [-0.2, -0.15) is 0 Å². The minimum absolute atomic E-state index is 0.760. The molecular weight excluding hydrogens is 204 g/mol. The van der Waals surface area contributed by atoms with Crippen LogP contribution in [0.25, 0.3) is 0 Å². The van der Waals surface area contributed by atoms with E-state index in [9.17, 15) is 0 Å². The number of hydrogen-bond donors (Lipinski definition) is 1. The van der Waals surface area contributed by atoms with Gasteiger partial charge in [-0.15, -0.1) is 11.3 Å². The molecule has 0 radical (unpaired) electrons. The summed E-state index contributed by atoms with van der Waals surface area (Å²) in [6.45, 7) is 5.52. The fourth-order valence-corrected chi connectivity index (χ4v) is 2.61. The Labute approximate surface area is 96.1 Å². The number of aromatic nitrogens is 1. The Hall–Kier alpha value is -0.410. The van der Waals surface area contributed by atoms with Crippen LogP contribution in [-0.4, -0.2) is 17.6 Å². The van der Waals surface area contributed by atoms with E-state index in [-0.39, 0.29) is 0 Å². The van der Waals surface area contributed by atoms with Crippen molar-refractivity contribution in [1.82, 2.24) is 10.3 Å². The zero-order chi connectivity index (χ0) is 10.7. The number of nitrogens with one attached hydrogen (secondary N) is 1.